The molecule has 150 valence electrons. The van der Waals surface area contributed by atoms with Crippen LogP contribution in [-0.2, 0) is 11.3 Å². The molecule has 1 amide bonds. The minimum atomic E-state index is -0.256. The number of carbonyl (C=O) groups excluding carboxylic acids is 1. The van der Waals surface area contributed by atoms with Gasteiger partial charge in [0, 0.05) is 18.5 Å². The summed E-state index contributed by atoms with van der Waals surface area (Å²) in [5.74, 6) is -0.101. The summed E-state index contributed by atoms with van der Waals surface area (Å²) >= 11 is 0. The van der Waals surface area contributed by atoms with E-state index in [1.54, 1.807) is 12.1 Å². The fraction of sp³-hybridized carbons (Fsp3) is 0.320. The van der Waals surface area contributed by atoms with Crippen molar-refractivity contribution in [2.24, 2.45) is 5.92 Å². The van der Waals surface area contributed by atoms with Crippen molar-refractivity contribution in [3.63, 3.8) is 0 Å². The number of rotatable bonds is 5. The molecule has 3 nitrogen and oxygen atoms in total. The molecule has 0 saturated carbocycles. The monoisotopic (exact) mass is 390 g/mol. The van der Waals surface area contributed by atoms with E-state index in [0.717, 1.165) is 31.5 Å². The predicted octanol–water partition coefficient (Wildman–Crippen LogP) is 5.07. The minimum Gasteiger partial charge on any atom is -0.352 e. The van der Waals surface area contributed by atoms with Gasteiger partial charge in [0.25, 0.3) is 0 Å². The average Bonchev–Trinajstić information content (AvgIpc) is 2.78. The van der Waals surface area contributed by atoms with Crippen molar-refractivity contribution in [3.05, 3.63) is 83.7 Å². The zero-order valence-electron chi connectivity index (χ0n) is 16.8. The molecule has 29 heavy (non-hydrogen) atoms. The van der Waals surface area contributed by atoms with Crippen LogP contribution in [0.5, 0.6) is 0 Å². The molecular weight excluding hydrogens is 363 g/mol. The second kappa shape index (κ2) is 8.75. The van der Waals surface area contributed by atoms with Crippen molar-refractivity contribution in [1.29, 1.82) is 0 Å². The molecule has 4 heteroatoms. The average molecular weight is 391 g/mol. The summed E-state index contributed by atoms with van der Waals surface area (Å²) in [6.45, 7) is 4.54. The van der Waals surface area contributed by atoms with Crippen molar-refractivity contribution in [3.8, 4) is 0 Å². The van der Waals surface area contributed by atoms with E-state index in [-0.39, 0.29) is 17.6 Å². The van der Waals surface area contributed by atoms with Crippen LogP contribution in [0, 0.1) is 11.7 Å². The zero-order valence-corrected chi connectivity index (χ0v) is 16.8. The predicted molar refractivity (Wildman–Crippen MR) is 115 cm³/mol. The van der Waals surface area contributed by atoms with Gasteiger partial charge in [-0.2, -0.15) is 0 Å². The van der Waals surface area contributed by atoms with Crippen LogP contribution in [0.1, 0.15) is 36.9 Å². The summed E-state index contributed by atoms with van der Waals surface area (Å²) in [6, 6.07) is 21.7. The molecular formula is C25H27FN2O. The minimum absolute atomic E-state index is 0.0514. The first-order valence-electron chi connectivity index (χ1n) is 10.3. The number of carbonyl (C=O) groups is 1. The van der Waals surface area contributed by atoms with E-state index in [1.165, 1.54) is 28.5 Å². The van der Waals surface area contributed by atoms with Crippen molar-refractivity contribution >= 4 is 16.7 Å². The van der Waals surface area contributed by atoms with Gasteiger partial charge in [-0.1, -0.05) is 48.5 Å². The van der Waals surface area contributed by atoms with E-state index in [0.29, 0.717) is 12.6 Å². The SMILES string of the molecule is CC(c1ccc2ccccc2c1)N1CCC(C(=O)NCc2ccc(F)cc2)CC1. The van der Waals surface area contributed by atoms with Crippen LogP contribution in [0.25, 0.3) is 10.8 Å². The number of amides is 1. The molecule has 1 heterocycles. The Morgan fingerprint density at radius 1 is 1.03 bits per heavy atom. The summed E-state index contributed by atoms with van der Waals surface area (Å²) in [5, 5.41) is 5.54. The maximum atomic E-state index is 13.0. The fourth-order valence-corrected chi connectivity index (χ4v) is 4.16. The van der Waals surface area contributed by atoms with E-state index in [1.807, 2.05) is 0 Å². The van der Waals surface area contributed by atoms with E-state index < -0.39 is 0 Å². The van der Waals surface area contributed by atoms with Gasteiger partial charge in [0.05, 0.1) is 0 Å². The van der Waals surface area contributed by atoms with Crippen LogP contribution in [0.15, 0.2) is 66.7 Å². The Morgan fingerprint density at radius 2 is 1.72 bits per heavy atom. The lowest BCUT2D eigenvalue weighted by atomic mass is 9.93. The highest BCUT2D eigenvalue weighted by atomic mass is 19.1. The van der Waals surface area contributed by atoms with Gasteiger partial charge in [0.15, 0.2) is 0 Å². The number of fused-ring (bicyclic) bond motifs is 1. The molecule has 1 unspecified atom stereocenters. The van der Waals surface area contributed by atoms with Gasteiger partial charge in [-0.15, -0.1) is 0 Å². The summed E-state index contributed by atoms with van der Waals surface area (Å²) < 4.78 is 13.0. The van der Waals surface area contributed by atoms with Crippen LogP contribution >= 0.6 is 0 Å². The highest BCUT2D eigenvalue weighted by Gasteiger charge is 2.27. The molecule has 1 fully saturated rings. The van der Waals surface area contributed by atoms with Crippen LogP contribution in [0.4, 0.5) is 4.39 Å². The van der Waals surface area contributed by atoms with E-state index in [4.69, 9.17) is 0 Å². The number of nitrogens with one attached hydrogen (secondary N) is 1. The number of piperidine rings is 1. The maximum Gasteiger partial charge on any atom is 0.223 e. The Morgan fingerprint density at radius 3 is 2.45 bits per heavy atom. The lowest BCUT2D eigenvalue weighted by Crippen LogP contribution is -2.41. The Balaban J connectivity index is 1.30. The Hall–Kier alpha value is -2.72. The molecule has 3 aromatic carbocycles. The molecule has 1 aliphatic heterocycles. The summed E-state index contributed by atoms with van der Waals surface area (Å²) in [4.78, 5) is 15.0. The van der Waals surface area contributed by atoms with Crippen molar-refractivity contribution in [1.82, 2.24) is 10.2 Å². The van der Waals surface area contributed by atoms with Crippen molar-refractivity contribution < 1.29 is 9.18 Å². The Bertz CT molecular complexity index is 978. The molecule has 0 bridgehead atoms. The van der Waals surface area contributed by atoms with Gasteiger partial charge >= 0.3 is 0 Å². The van der Waals surface area contributed by atoms with Crippen LogP contribution in [0.2, 0.25) is 0 Å². The molecule has 0 aromatic heterocycles. The van der Waals surface area contributed by atoms with Crippen molar-refractivity contribution in [2.75, 3.05) is 13.1 Å². The van der Waals surface area contributed by atoms with Gasteiger partial charge in [0.2, 0.25) is 5.91 Å². The maximum absolute atomic E-state index is 13.0. The van der Waals surface area contributed by atoms with Gasteiger partial charge in [-0.3, -0.25) is 9.69 Å². The Kier molecular flexibility index (Phi) is 5.91. The number of benzene rings is 3. The van der Waals surface area contributed by atoms with Gasteiger partial charge in [-0.25, -0.2) is 4.39 Å². The first-order valence-corrected chi connectivity index (χ1v) is 10.3. The molecule has 0 aliphatic carbocycles. The number of hydrogen-bond acceptors (Lipinski definition) is 2. The molecule has 1 N–H and O–H groups in total. The van der Waals surface area contributed by atoms with E-state index in [9.17, 15) is 9.18 Å². The lowest BCUT2D eigenvalue weighted by molar-refractivity contribution is -0.126. The summed E-state index contributed by atoms with van der Waals surface area (Å²) in [5.41, 5.74) is 2.24. The number of halogens is 1. The highest BCUT2D eigenvalue weighted by Crippen LogP contribution is 2.28. The largest absolute Gasteiger partial charge is 0.352 e. The Labute approximate surface area is 171 Å². The van der Waals surface area contributed by atoms with Crippen LogP contribution < -0.4 is 5.32 Å². The van der Waals surface area contributed by atoms with Crippen molar-refractivity contribution in [2.45, 2.75) is 32.4 Å². The third kappa shape index (κ3) is 4.65. The molecule has 1 aliphatic rings. The lowest BCUT2D eigenvalue weighted by Gasteiger charge is -2.35. The van der Waals surface area contributed by atoms with Gasteiger partial charge in [0.1, 0.15) is 5.82 Å². The molecule has 0 radical (unpaired) electrons. The zero-order chi connectivity index (χ0) is 20.2. The quantitative estimate of drug-likeness (QED) is 0.660. The fourth-order valence-electron chi connectivity index (χ4n) is 4.16. The van der Waals surface area contributed by atoms with Crippen LogP contribution in [0.3, 0.4) is 0 Å². The first kappa shape index (κ1) is 19.6. The summed E-state index contributed by atoms with van der Waals surface area (Å²) in [6.07, 6.45) is 1.74. The highest BCUT2D eigenvalue weighted by molar-refractivity contribution is 5.83. The topological polar surface area (TPSA) is 32.3 Å². The number of likely N-dealkylation sites (tertiary alicyclic amines) is 1. The van der Waals surface area contributed by atoms with Crippen LogP contribution in [-0.4, -0.2) is 23.9 Å². The molecule has 1 atom stereocenters. The molecule has 0 spiro atoms. The normalized spacial score (nSPS) is 16.6. The molecule has 1 saturated heterocycles. The third-order valence-electron chi connectivity index (χ3n) is 6.08. The third-order valence-corrected chi connectivity index (χ3v) is 6.08. The smallest absolute Gasteiger partial charge is 0.223 e. The van der Waals surface area contributed by atoms with Gasteiger partial charge < -0.3 is 5.32 Å². The molecule has 4 rings (SSSR count). The van der Waals surface area contributed by atoms with Gasteiger partial charge in [-0.05, 0) is 73.0 Å². The number of nitrogens with zero attached hydrogens (tertiary/aromatic N) is 1. The van der Waals surface area contributed by atoms with E-state index >= 15 is 0 Å². The summed E-state index contributed by atoms with van der Waals surface area (Å²) in [7, 11) is 0. The second-order valence-corrected chi connectivity index (χ2v) is 7.94. The standard InChI is InChI=1S/C25H27FN2O/c1-18(22-9-8-20-4-2-3-5-23(20)16-22)28-14-12-21(13-15-28)25(29)27-17-19-6-10-24(26)11-7-19/h2-11,16,18,21H,12-15,17H2,1H3,(H,27,29). The number of hydrogen-bond donors (Lipinski definition) is 1. The first-order chi connectivity index (χ1) is 14.1. The molecule has 3 aromatic rings. The second-order valence-electron chi connectivity index (χ2n) is 7.94. The van der Waals surface area contributed by atoms with E-state index in [2.05, 4.69) is 59.6 Å².